The number of hydrogen-bond donors (Lipinski definition) is 0. The van der Waals surface area contributed by atoms with Gasteiger partial charge in [0.2, 0.25) is 0 Å². The first-order valence-corrected chi connectivity index (χ1v) is 10.8. The van der Waals surface area contributed by atoms with Gasteiger partial charge in [-0.05, 0) is 44.9 Å². The summed E-state index contributed by atoms with van der Waals surface area (Å²) < 4.78 is 0. The molecule has 0 saturated carbocycles. The summed E-state index contributed by atoms with van der Waals surface area (Å²) in [5.41, 5.74) is 2.79. The summed E-state index contributed by atoms with van der Waals surface area (Å²) >= 11 is 6.40. The predicted octanol–water partition coefficient (Wildman–Crippen LogP) is 4.20. The van der Waals surface area contributed by atoms with Crippen molar-refractivity contribution in [1.82, 2.24) is 0 Å². The van der Waals surface area contributed by atoms with Gasteiger partial charge in [-0.3, -0.25) is 0 Å². The fraction of sp³-hybridized carbons (Fsp3) is 0.143. The van der Waals surface area contributed by atoms with Crippen LogP contribution in [0, 0.1) is 0 Å². The van der Waals surface area contributed by atoms with Gasteiger partial charge in [0.1, 0.15) is 8.07 Å². The van der Waals surface area contributed by atoms with E-state index in [0.29, 0.717) is 0 Å². The molecule has 0 nitrogen and oxygen atoms in total. The topological polar surface area (TPSA) is 0 Å². The summed E-state index contributed by atoms with van der Waals surface area (Å²) in [4.78, 5) is 0. The van der Waals surface area contributed by atoms with Crippen LogP contribution in [0.15, 0.2) is 72.8 Å². The van der Waals surface area contributed by atoms with Gasteiger partial charge in [0.15, 0.2) is 0 Å². The van der Waals surface area contributed by atoms with Crippen LogP contribution in [-0.2, 0) is 0 Å². The van der Waals surface area contributed by atoms with Crippen molar-refractivity contribution in [1.29, 1.82) is 0 Å². The van der Waals surface area contributed by atoms with Crippen LogP contribution in [0.4, 0.5) is 0 Å². The van der Waals surface area contributed by atoms with Crippen molar-refractivity contribution in [3.8, 4) is 11.1 Å². The molecule has 0 N–H and O–H groups in total. The van der Waals surface area contributed by atoms with Crippen molar-refractivity contribution >= 4 is 35.2 Å². The Labute approximate surface area is 143 Å². The molecule has 114 valence electrons. The summed E-state index contributed by atoms with van der Waals surface area (Å²) in [6.07, 6.45) is 1.18. The number of benzene rings is 3. The average molecular weight is 335 g/mol. The van der Waals surface area contributed by atoms with Gasteiger partial charge in [0.05, 0.1) is 0 Å². The lowest BCUT2D eigenvalue weighted by molar-refractivity contribution is 1.06. The molecular weight excluding hydrogens is 316 g/mol. The van der Waals surface area contributed by atoms with Crippen LogP contribution in [0.2, 0.25) is 11.1 Å². The molecule has 0 aromatic heterocycles. The van der Waals surface area contributed by atoms with E-state index < -0.39 is 8.07 Å². The Hall–Kier alpha value is -1.83. The van der Waals surface area contributed by atoms with E-state index in [1.54, 1.807) is 5.19 Å². The second-order valence-corrected chi connectivity index (χ2v) is 10.7. The summed E-state index contributed by atoms with van der Waals surface area (Å²) in [5, 5.41) is 5.38. The summed E-state index contributed by atoms with van der Waals surface area (Å²) in [7, 11) is -1.97. The zero-order chi connectivity index (χ0) is 15.9. The normalized spacial score (nSPS) is 18.5. The Morgan fingerprint density at radius 2 is 1.48 bits per heavy atom. The molecule has 1 aliphatic rings. The molecular formula is C21H19ClSi. The SMILES string of the molecule is CCC[Si@]1(c2ccccc2)c2ccccc2-c2ccc(Cl)cc21. The first-order valence-electron chi connectivity index (χ1n) is 8.23. The molecule has 3 aromatic rings. The molecule has 0 aliphatic carbocycles. The van der Waals surface area contributed by atoms with Gasteiger partial charge >= 0.3 is 0 Å². The van der Waals surface area contributed by atoms with E-state index in [-0.39, 0.29) is 0 Å². The molecule has 0 unspecified atom stereocenters. The first kappa shape index (κ1) is 14.7. The van der Waals surface area contributed by atoms with Crippen LogP contribution < -0.4 is 15.6 Å². The Balaban J connectivity index is 2.11. The van der Waals surface area contributed by atoms with Gasteiger partial charge in [-0.15, -0.1) is 0 Å². The lowest BCUT2D eigenvalue weighted by atomic mass is 10.1. The first-order chi connectivity index (χ1) is 11.3. The number of halogens is 1. The molecule has 2 heteroatoms. The third-order valence-corrected chi connectivity index (χ3v) is 10.5. The summed E-state index contributed by atoms with van der Waals surface area (Å²) in [6.45, 7) is 2.29. The van der Waals surface area contributed by atoms with Crippen LogP contribution in [0.5, 0.6) is 0 Å². The maximum absolute atomic E-state index is 6.40. The van der Waals surface area contributed by atoms with Gasteiger partial charge in [0, 0.05) is 5.02 Å². The number of rotatable bonds is 3. The third-order valence-electron chi connectivity index (χ3n) is 5.01. The Kier molecular flexibility index (Phi) is 3.63. The molecule has 0 amide bonds. The van der Waals surface area contributed by atoms with Crippen molar-refractivity contribution in [3.63, 3.8) is 0 Å². The highest BCUT2D eigenvalue weighted by Crippen LogP contribution is 2.32. The van der Waals surface area contributed by atoms with Crippen LogP contribution in [0.3, 0.4) is 0 Å². The predicted molar refractivity (Wildman–Crippen MR) is 103 cm³/mol. The van der Waals surface area contributed by atoms with Crippen molar-refractivity contribution < 1.29 is 0 Å². The van der Waals surface area contributed by atoms with Crippen LogP contribution in [0.25, 0.3) is 11.1 Å². The van der Waals surface area contributed by atoms with Gasteiger partial charge in [-0.1, -0.05) is 85.6 Å². The largest absolute Gasteiger partial charge is 0.150 e. The molecule has 1 heterocycles. The highest BCUT2D eigenvalue weighted by atomic mass is 35.5. The average Bonchev–Trinajstić information content (AvgIpc) is 2.87. The van der Waals surface area contributed by atoms with Gasteiger partial charge < -0.3 is 0 Å². The highest BCUT2D eigenvalue weighted by Gasteiger charge is 2.46. The minimum atomic E-state index is -1.97. The van der Waals surface area contributed by atoms with Crippen LogP contribution in [-0.4, -0.2) is 8.07 Å². The molecule has 0 fully saturated rings. The summed E-state index contributed by atoms with van der Waals surface area (Å²) in [5.74, 6) is 0. The maximum atomic E-state index is 6.40. The fourth-order valence-electron chi connectivity index (χ4n) is 4.16. The van der Waals surface area contributed by atoms with Crippen molar-refractivity contribution in [2.45, 2.75) is 19.4 Å². The standard InChI is InChI=1S/C21H19ClSi/c1-2-14-23(17-8-4-3-5-9-17)20-11-7-6-10-18(20)19-13-12-16(22)15-21(19)23/h3-13,15H,2,14H2,1H3/t23-/m0/s1. The van der Waals surface area contributed by atoms with Gasteiger partial charge in [0.25, 0.3) is 0 Å². The summed E-state index contributed by atoms with van der Waals surface area (Å²) in [6, 6.07) is 27.7. The van der Waals surface area contributed by atoms with E-state index >= 15 is 0 Å². The fourth-order valence-corrected chi connectivity index (χ4v) is 9.81. The van der Waals surface area contributed by atoms with Gasteiger partial charge in [-0.2, -0.15) is 0 Å². The zero-order valence-electron chi connectivity index (χ0n) is 13.2. The lowest BCUT2D eigenvalue weighted by Gasteiger charge is -2.30. The minimum absolute atomic E-state index is 0.848. The van der Waals surface area contributed by atoms with E-state index in [9.17, 15) is 0 Å². The van der Waals surface area contributed by atoms with E-state index in [2.05, 4.69) is 73.7 Å². The van der Waals surface area contributed by atoms with E-state index in [4.69, 9.17) is 11.6 Å². The second-order valence-electron chi connectivity index (χ2n) is 6.26. The monoisotopic (exact) mass is 334 g/mol. The van der Waals surface area contributed by atoms with Gasteiger partial charge in [-0.25, -0.2) is 0 Å². The van der Waals surface area contributed by atoms with Crippen molar-refractivity contribution in [2.75, 3.05) is 0 Å². The molecule has 1 atom stereocenters. The number of hydrogen-bond acceptors (Lipinski definition) is 0. The van der Waals surface area contributed by atoms with Crippen molar-refractivity contribution in [3.05, 3.63) is 77.8 Å². The quantitative estimate of drug-likeness (QED) is 0.630. The molecule has 0 spiro atoms. The Bertz CT molecular complexity index is 857. The Morgan fingerprint density at radius 1 is 0.783 bits per heavy atom. The highest BCUT2D eigenvalue weighted by molar-refractivity contribution is 7.14. The zero-order valence-corrected chi connectivity index (χ0v) is 15.0. The molecule has 0 saturated heterocycles. The van der Waals surface area contributed by atoms with Crippen molar-refractivity contribution in [2.24, 2.45) is 0 Å². The van der Waals surface area contributed by atoms with E-state index in [1.165, 1.54) is 34.0 Å². The lowest BCUT2D eigenvalue weighted by Crippen LogP contribution is -2.64. The molecule has 0 radical (unpaired) electrons. The minimum Gasteiger partial charge on any atom is -0.0843 e. The van der Waals surface area contributed by atoms with Crippen LogP contribution in [0.1, 0.15) is 13.3 Å². The van der Waals surface area contributed by atoms with Crippen LogP contribution >= 0.6 is 11.6 Å². The number of fused-ring (bicyclic) bond motifs is 3. The molecule has 1 aliphatic heterocycles. The third kappa shape index (κ3) is 2.11. The second kappa shape index (κ2) is 5.66. The smallest absolute Gasteiger partial charge is 0.0843 e. The van der Waals surface area contributed by atoms with E-state index in [1.807, 2.05) is 6.07 Å². The molecule has 0 bridgehead atoms. The Morgan fingerprint density at radius 3 is 2.26 bits per heavy atom. The van der Waals surface area contributed by atoms with E-state index in [0.717, 1.165) is 5.02 Å². The molecule has 3 aromatic carbocycles. The molecule has 4 rings (SSSR count). The maximum Gasteiger partial charge on any atom is 0.150 e. The molecule has 23 heavy (non-hydrogen) atoms.